The quantitative estimate of drug-likeness (QED) is 0.333. The number of allylic oxidation sites excluding steroid dienone is 4. The molecule has 0 spiro atoms. The Balaban J connectivity index is 1.25. The van der Waals surface area contributed by atoms with Gasteiger partial charge in [-0.2, -0.15) is 0 Å². The molecule has 0 atom stereocenters. The maximum absolute atomic E-state index is 13.4. The van der Waals surface area contributed by atoms with Gasteiger partial charge in [0.15, 0.2) is 11.6 Å². The SMILES string of the molecule is O=C1c2cc3c(cc2C(=O)C1c1nc2ccccc2c(=O)[nH]1)C(=O)N(c1ccc(C2=CCC=C2)cc1)C3=O. The highest BCUT2D eigenvalue weighted by Crippen LogP contribution is 2.38. The van der Waals surface area contributed by atoms with E-state index in [0.29, 0.717) is 16.6 Å². The van der Waals surface area contributed by atoms with E-state index in [4.69, 9.17) is 0 Å². The Kier molecular flexibility index (Phi) is 4.56. The van der Waals surface area contributed by atoms with Crippen LogP contribution in [-0.4, -0.2) is 33.3 Å². The van der Waals surface area contributed by atoms with Gasteiger partial charge in [0.25, 0.3) is 17.4 Å². The van der Waals surface area contributed by atoms with Crippen molar-refractivity contribution >= 4 is 45.5 Å². The number of Topliss-reactive ketones (excluding diaryl/α,β-unsaturated/α-hetero) is 2. The van der Waals surface area contributed by atoms with Crippen LogP contribution in [0, 0.1) is 0 Å². The first kappa shape index (κ1) is 22.0. The number of aromatic amines is 1. The number of hydrogen-bond acceptors (Lipinski definition) is 6. The number of aromatic nitrogens is 2. The molecule has 7 rings (SSSR count). The Bertz CT molecular complexity index is 1840. The minimum absolute atomic E-state index is 0.0351. The second kappa shape index (κ2) is 7.88. The van der Waals surface area contributed by atoms with Crippen molar-refractivity contribution < 1.29 is 19.2 Å². The van der Waals surface area contributed by atoms with Crippen LogP contribution in [0.5, 0.6) is 0 Å². The number of H-pyrrole nitrogens is 1. The summed E-state index contributed by atoms with van der Waals surface area (Å²) in [6.45, 7) is 0. The highest BCUT2D eigenvalue weighted by atomic mass is 16.2. The van der Waals surface area contributed by atoms with Gasteiger partial charge in [0.05, 0.1) is 27.7 Å². The van der Waals surface area contributed by atoms with Crippen molar-refractivity contribution in [2.75, 3.05) is 4.90 Å². The molecule has 38 heavy (non-hydrogen) atoms. The molecule has 2 heterocycles. The molecule has 0 radical (unpaired) electrons. The number of ketones is 2. The summed E-state index contributed by atoms with van der Waals surface area (Å²) in [6, 6.07) is 16.3. The third-order valence-corrected chi connectivity index (χ3v) is 7.21. The second-order valence-electron chi connectivity index (χ2n) is 9.36. The Labute approximate surface area is 214 Å². The second-order valence-corrected chi connectivity index (χ2v) is 9.36. The van der Waals surface area contributed by atoms with E-state index in [9.17, 15) is 24.0 Å². The van der Waals surface area contributed by atoms with E-state index in [1.54, 1.807) is 36.4 Å². The van der Waals surface area contributed by atoms with Crippen LogP contribution < -0.4 is 10.5 Å². The molecule has 2 aliphatic carbocycles. The number of rotatable bonds is 3. The van der Waals surface area contributed by atoms with Gasteiger partial charge in [-0.25, -0.2) is 9.88 Å². The number of hydrogen-bond donors (Lipinski definition) is 1. The van der Waals surface area contributed by atoms with Crippen molar-refractivity contribution in [2.45, 2.75) is 12.3 Å². The van der Waals surface area contributed by atoms with E-state index >= 15 is 0 Å². The molecule has 0 saturated carbocycles. The zero-order valence-electron chi connectivity index (χ0n) is 19.7. The number of amides is 2. The van der Waals surface area contributed by atoms with E-state index in [1.165, 1.54) is 12.1 Å². The van der Waals surface area contributed by atoms with E-state index in [-0.39, 0.29) is 28.1 Å². The topological polar surface area (TPSA) is 117 Å². The Morgan fingerprint density at radius 2 is 1.45 bits per heavy atom. The largest absolute Gasteiger partial charge is 0.309 e. The number of nitrogens with zero attached hydrogens (tertiary/aromatic N) is 2. The Morgan fingerprint density at radius 1 is 0.789 bits per heavy atom. The molecular formula is C30H17N3O5. The van der Waals surface area contributed by atoms with Gasteiger partial charge in [-0.1, -0.05) is 42.5 Å². The Hall–Kier alpha value is -5.24. The number of para-hydroxylation sites is 1. The summed E-state index contributed by atoms with van der Waals surface area (Å²) in [5, 5.41) is 0.339. The maximum atomic E-state index is 13.4. The molecule has 8 nitrogen and oxygen atoms in total. The van der Waals surface area contributed by atoms with E-state index in [0.717, 1.165) is 22.5 Å². The maximum Gasteiger partial charge on any atom is 0.266 e. The average Bonchev–Trinajstić information content (AvgIpc) is 3.61. The number of benzene rings is 3. The highest BCUT2D eigenvalue weighted by Gasteiger charge is 2.45. The fourth-order valence-corrected chi connectivity index (χ4v) is 5.32. The third kappa shape index (κ3) is 3.03. The smallest absolute Gasteiger partial charge is 0.266 e. The van der Waals surface area contributed by atoms with Gasteiger partial charge in [-0.15, -0.1) is 0 Å². The summed E-state index contributed by atoms with van der Waals surface area (Å²) < 4.78 is 0. The van der Waals surface area contributed by atoms with Crippen molar-refractivity contribution in [2.24, 2.45) is 0 Å². The molecule has 3 aromatic carbocycles. The average molecular weight is 499 g/mol. The van der Waals surface area contributed by atoms with Gasteiger partial charge >= 0.3 is 0 Å². The van der Waals surface area contributed by atoms with Crippen molar-refractivity contribution in [3.05, 3.63) is 123 Å². The molecule has 1 N–H and O–H groups in total. The third-order valence-electron chi connectivity index (χ3n) is 7.21. The molecule has 8 heteroatoms. The molecule has 4 aromatic rings. The lowest BCUT2D eigenvalue weighted by Crippen LogP contribution is -2.29. The summed E-state index contributed by atoms with van der Waals surface area (Å²) in [4.78, 5) is 73.8. The monoisotopic (exact) mass is 499 g/mol. The number of nitrogens with one attached hydrogen (secondary N) is 1. The van der Waals surface area contributed by atoms with Crippen molar-refractivity contribution in [3.63, 3.8) is 0 Å². The van der Waals surface area contributed by atoms with Crippen molar-refractivity contribution in [1.29, 1.82) is 0 Å². The summed E-state index contributed by atoms with van der Waals surface area (Å²) in [7, 11) is 0. The fourth-order valence-electron chi connectivity index (χ4n) is 5.32. The molecule has 1 aliphatic heterocycles. The highest BCUT2D eigenvalue weighted by molar-refractivity contribution is 6.37. The molecular weight excluding hydrogens is 482 g/mol. The van der Waals surface area contributed by atoms with Crippen molar-refractivity contribution in [1.82, 2.24) is 9.97 Å². The first-order valence-corrected chi connectivity index (χ1v) is 12.0. The Morgan fingerprint density at radius 3 is 2.08 bits per heavy atom. The zero-order chi connectivity index (χ0) is 26.1. The van der Waals surface area contributed by atoms with Gasteiger partial charge in [0, 0.05) is 11.1 Å². The summed E-state index contributed by atoms with van der Waals surface area (Å²) in [5.41, 5.74) is 2.53. The number of carbonyl (C=O) groups excluding carboxylic acids is 4. The van der Waals surface area contributed by atoms with E-state index in [2.05, 4.69) is 16.0 Å². The molecule has 0 bridgehead atoms. The van der Waals surface area contributed by atoms with Crippen molar-refractivity contribution in [3.8, 4) is 0 Å². The lowest BCUT2D eigenvalue weighted by molar-refractivity contribution is 0.0882. The van der Waals surface area contributed by atoms with Crippen LogP contribution in [0.15, 0.2) is 83.7 Å². The lowest BCUT2D eigenvalue weighted by Gasteiger charge is -2.14. The van der Waals surface area contributed by atoms with E-state index < -0.39 is 34.9 Å². The van der Waals surface area contributed by atoms with Crippen LogP contribution in [0.4, 0.5) is 5.69 Å². The first-order chi connectivity index (χ1) is 18.4. The first-order valence-electron chi connectivity index (χ1n) is 12.0. The van der Waals surface area contributed by atoms with Crippen LogP contribution in [0.3, 0.4) is 0 Å². The predicted molar refractivity (Wildman–Crippen MR) is 140 cm³/mol. The predicted octanol–water partition coefficient (Wildman–Crippen LogP) is 4.23. The normalized spacial score (nSPS) is 16.5. The summed E-state index contributed by atoms with van der Waals surface area (Å²) >= 11 is 0. The standard InChI is InChI=1S/C30H17N3O5/c34-25-19-13-21-22(30(38)33(29(21)37)17-11-9-16(10-12-17)15-5-1-2-6-15)14-20(19)26(35)24(25)27-31-23-8-4-3-7-18(23)28(36)32-27/h1,3-14,24H,2H2,(H,31,32,36). The molecule has 1 aromatic heterocycles. The molecule has 182 valence electrons. The zero-order valence-corrected chi connectivity index (χ0v) is 19.7. The number of anilines is 1. The summed E-state index contributed by atoms with van der Waals surface area (Å²) in [5.74, 6) is -3.70. The minimum atomic E-state index is -1.35. The summed E-state index contributed by atoms with van der Waals surface area (Å²) in [6.07, 6.45) is 7.02. The number of fused-ring (bicyclic) bond motifs is 3. The number of carbonyl (C=O) groups is 4. The molecule has 0 unspecified atom stereocenters. The van der Waals surface area contributed by atoms with Crippen LogP contribution in [0.1, 0.15) is 65.2 Å². The number of imide groups is 1. The fraction of sp³-hybridized carbons (Fsp3) is 0.0667. The van der Waals surface area contributed by atoms with Crippen LogP contribution in [0.2, 0.25) is 0 Å². The van der Waals surface area contributed by atoms with Crippen LogP contribution in [-0.2, 0) is 0 Å². The van der Waals surface area contributed by atoms with Crippen LogP contribution >= 0.6 is 0 Å². The molecule has 0 saturated heterocycles. The van der Waals surface area contributed by atoms with Gasteiger partial charge < -0.3 is 4.98 Å². The van der Waals surface area contributed by atoms with Gasteiger partial charge in [0.1, 0.15) is 11.7 Å². The minimum Gasteiger partial charge on any atom is -0.309 e. The lowest BCUT2D eigenvalue weighted by atomic mass is 10.0. The van der Waals surface area contributed by atoms with Gasteiger partial charge in [0.2, 0.25) is 0 Å². The molecule has 3 aliphatic rings. The van der Waals surface area contributed by atoms with E-state index in [1.807, 2.05) is 24.3 Å². The van der Waals surface area contributed by atoms with Crippen LogP contribution in [0.25, 0.3) is 16.5 Å². The van der Waals surface area contributed by atoms with Gasteiger partial charge in [-0.3, -0.25) is 24.0 Å². The molecule has 0 fully saturated rings. The van der Waals surface area contributed by atoms with Gasteiger partial charge in [-0.05, 0) is 54.0 Å². The molecule has 2 amide bonds.